The van der Waals surface area contributed by atoms with Crippen LogP contribution >= 0.6 is 0 Å². The summed E-state index contributed by atoms with van der Waals surface area (Å²) in [5.41, 5.74) is 0. The van der Waals surface area contributed by atoms with Gasteiger partial charge in [-0.3, -0.25) is 9.59 Å². The van der Waals surface area contributed by atoms with E-state index in [0.717, 1.165) is 77.0 Å². The number of carboxylic acid groups (broad SMARTS) is 1. The van der Waals surface area contributed by atoms with Crippen molar-refractivity contribution in [3.8, 4) is 0 Å². The SMILES string of the molecule is CC/C=C\C/C=C\C/C=C\C/C=C\C/C=C\C/C=C\CCCCCCCCCCCCCCCCCCC(=O)OC(COC(=O)CCCCCCCCCCCCCCCCCCCCC/C=C\C/C=C\CCCCCCC)COC(OCC[N+](C)(C)C)C(=O)[O-]. The zero-order valence-corrected chi connectivity index (χ0v) is 60.2. The van der Waals surface area contributed by atoms with E-state index < -0.39 is 24.3 Å². The first-order chi connectivity index (χ1) is 44.6. The number of hydrogen-bond donors (Lipinski definition) is 0. The molecule has 2 unspecified atom stereocenters. The quantitative estimate of drug-likeness (QED) is 0.0195. The third kappa shape index (κ3) is 73.5. The molecule has 9 nitrogen and oxygen atoms in total. The van der Waals surface area contributed by atoms with Gasteiger partial charge in [0, 0.05) is 12.8 Å². The standard InChI is InChI=1S/C82H145NO8/c1-6-8-10-12-14-16-18-20-22-24-26-28-30-32-34-36-38-39-40-41-43-45-47-49-51-53-55-57-59-61-63-65-67-69-71-73-80(85)91-78(77-90-82(81(86)87)88-75-74-83(3,4)5)76-89-79(84)72-70-68-66-64-62-60-58-56-54-52-50-48-46-44-42-37-35-33-31-29-27-25-23-21-19-17-15-13-11-9-7-2/h8,10,14,16,19-22,25-28,32,34,38-39,78,82H,6-7,9,11-13,15,17-18,23-24,29-31,33,35-37,40-77H2,1-5H3/b10-8-,16-14-,21-19-,22-20-,27-25-,28-26-,34-32-,39-38-. The van der Waals surface area contributed by atoms with Crippen LogP contribution in [0, 0.1) is 0 Å². The van der Waals surface area contributed by atoms with Crippen LogP contribution in [-0.4, -0.2) is 82.3 Å². The lowest BCUT2D eigenvalue weighted by Gasteiger charge is -2.26. The Hall–Kier alpha value is -3.79. The van der Waals surface area contributed by atoms with Crippen LogP contribution in [-0.2, 0) is 33.3 Å². The van der Waals surface area contributed by atoms with Gasteiger partial charge in [0.15, 0.2) is 12.4 Å². The first-order valence-corrected chi connectivity index (χ1v) is 38.4. The zero-order chi connectivity index (χ0) is 66.1. The van der Waals surface area contributed by atoms with Crippen molar-refractivity contribution >= 4 is 17.9 Å². The van der Waals surface area contributed by atoms with Crippen LogP contribution in [0.4, 0.5) is 0 Å². The number of carbonyl (C=O) groups is 3. The van der Waals surface area contributed by atoms with Gasteiger partial charge in [-0.15, -0.1) is 0 Å². The second-order valence-electron chi connectivity index (χ2n) is 26.9. The van der Waals surface area contributed by atoms with Crippen molar-refractivity contribution in [3.05, 3.63) is 97.2 Å². The number of rotatable bonds is 71. The van der Waals surface area contributed by atoms with E-state index in [2.05, 4.69) is 111 Å². The van der Waals surface area contributed by atoms with Crippen molar-refractivity contribution in [3.63, 3.8) is 0 Å². The number of hydrogen-bond acceptors (Lipinski definition) is 8. The molecule has 0 spiro atoms. The zero-order valence-electron chi connectivity index (χ0n) is 60.2. The average Bonchev–Trinajstić information content (AvgIpc) is 3.46. The Morgan fingerprint density at radius 2 is 0.626 bits per heavy atom. The first-order valence-electron chi connectivity index (χ1n) is 38.4. The highest BCUT2D eigenvalue weighted by atomic mass is 16.7. The lowest BCUT2D eigenvalue weighted by molar-refractivity contribution is -0.870. The van der Waals surface area contributed by atoms with Crippen LogP contribution in [0.25, 0.3) is 0 Å². The van der Waals surface area contributed by atoms with Gasteiger partial charge in [0.1, 0.15) is 13.2 Å². The summed E-state index contributed by atoms with van der Waals surface area (Å²) in [7, 11) is 5.94. The van der Waals surface area contributed by atoms with Crippen molar-refractivity contribution < 1.29 is 42.9 Å². The van der Waals surface area contributed by atoms with Crippen molar-refractivity contribution in [1.82, 2.24) is 0 Å². The molecule has 0 heterocycles. The molecule has 2 atom stereocenters. The predicted molar refractivity (Wildman–Crippen MR) is 389 cm³/mol. The minimum atomic E-state index is -1.62. The molecular formula is C82H145NO8. The van der Waals surface area contributed by atoms with E-state index >= 15 is 0 Å². The molecule has 9 heteroatoms. The van der Waals surface area contributed by atoms with E-state index in [4.69, 9.17) is 18.9 Å². The van der Waals surface area contributed by atoms with Crippen LogP contribution < -0.4 is 5.11 Å². The molecule has 0 bridgehead atoms. The third-order valence-electron chi connectivity index (χ3n) is 16.8. The van der Waals surface area contributed by atoms with E-state index in [1.54, 1.807) is 0 Å². The van der Waals surface area contributed by atoms with Gasteiger partial charge in [-0.2, -0.15) is 0 Å². The van der Waals surface area contributed by atoms with E-state index in [9.17, 15) is 19.5 Å². The molecule has 0 aromatic rings. The number of nitrogens with zero attached hydrogens (tertiary/aromatic N) is 1. The normalized spacial score (nSPS) is 13.2. The van der Waals surface area contributed by atoms with Gasteiger partial charge in [-0.1, -0.05) is 336 Å². The Morgan fingerprint density at radius 3 is 0.934 bits per heavy atom. The molecule has 0 saturated carbocycles. The molecule has 0 aliphatic carbocycles. The number of aliphatic carboxylic acids is 1. The van der Waals surface area contributed by atoms with Gasteiger partial charge < -0.3 is 33.3 Å². The molecule has 0 N–H and O–H groups in total. The second-order valence-corrected chi connectivity index (χ2v) is 26.9. The molecule has 0 saturated heterocycles. The molecule has 0 amide bonds. The van der Waals surface area contributed by atoms with Gasteiger partial charge in [0.25, 0.3) is 0 Å². The number of esters is 2. The van der Waals surface area contributed by atoms with E-state index in [-0.39, 0.29) is 32.2 Å². The Kier molecular flexibility index (Phi) is 69.0. The number of carbonyl (C=O) groups excluding carboxylic acids is 3. The first kappa shape index (κ1) is 87.2. The van der Waals surface area contributed by atoms with Crippen LogP contribution in [0.3, 0.4) is 0 Å². The minimum Gasteiger partial charge on any atom is -0.545 e. The molecule has 91 heavy (non-hydrogen) atoms. The fourth-order valence-electron chi connectivity index (χ4n) is 11.0. The topological polar surface area (TPSA) is 111 Å². The molecule has 0 aliphatic rings. The number of likely N-dealkylation sites (N-methyl/N-ethyl adjacent to an activating group) is 1. The summed E-state index contributed by atoms with van der Waals surface area (Å²) in [5, 5.41) is 11.9. The van der Waals surface area contributed by atoms with Gasteiger partial charge in [0.05, 0.1) is 40.3 Å². The van der Waals surface area contributed by atoms with E-state index in [1.165, 1.54) is 238 Å². The minimum absolute atomic E-state index is 0.147. The van der Waals surface area contributed by atoms with Crippen LogP contribution in [0.15, 0.2) is 97.2 Å². The lowest BCUT2D eigenvalue weighted by atomic mass is 10.0. The van der Waals surface area contributed by atoms with Crippen molar-refractivity contribution in [2.24, 2.45) is 0 Å². The number of unbranched alkanes of at least 4 members (excludes halogenated alkanes) is 40. The fraction of sp³-hybridized carbons (Fsp3) is 0.768. The lowest BCUT2D eigenvalue weighted by Crippen LogP contribution is -2.44. The molecule has 0 radical (unpaired) electrons. The van der Waals surface area contributed by atoms with E-state index in [0.29, 0.717) is 23.9 Å². The summed E-state index contributed by atoms with van der Waals surface area (Å²) in [6.45, 7) is 4.67. The number of allylic oxidation sites excluding steroid dienone is 16. The van der Waals surface area contributed by atoms with Crippen molar-refractivity contribution in [1.29, 1.82) is 0 Å². The summed E-state index contributed by atoms with van der Waals surface area (Å²) >= 11 is 0. The van der Waals surface area contributed by atoms with E-state index in [1.807, 2.05) is 21.1 Å². The Labute approximate surface area is 562 Å². The fourth-order valence-corrected chi connectivity index (χ4v) is 11.0. The smallest absolute Gasteiger partial charge is 0.306 e. The number of quaternary nitrogens is 1. The highest BCUT2D eigenvalue weighted by molar-refractivity contribution is 5.70. The average molecular weight is 1270 g/mol. The Morgan fingerprint density at radius 1 is 0.341 bits per heavy atom. The van der Waals surface area contributed by atoms with Gasteiger partial charge in [0.2, 0.25) is 0 Å². The maximum atomic E-state index is 13.0. The van der Waals surface area contributed by atoms with Gasteiger partial charge >= 0.3 is 11.9 Å². The van der Waals surface area contributed by atoms with Gasteiger partial charge in [-0.05, 0) is 96.3 Å². The van der Waals surface area contributed by atoms with Crippen LogP contribution in [0.2, 0.25) is 0 Å². The van der Waals surface area contributed by atoms with Crippen molar-refractivity contribution in [2.75, 3.05) is 47.5 Å². The summed E-state index contributed by atoms with van der Waals surface area (Å²) in [5.74, 6) is -2.27. The van der Waals surface area contributed by atoms with Gasteiger partial charge in [-0.25, -0.2) is 0 Å². The summed E-state index contributed by atoms with van der Waals surface area (Å²) in [6.07, 6.45) is 96.5. The summed E-state index contributed by atoms with van der Waals surface area (Å²) in [6, 6.07) is 0. The predicted octanol–water partition coefficient (Wildman–Crippen LogP) is 23.0. The highest BCUT2D eigenvalue weighted by Crippen LogP contribution is 2.18. The molecule has 0 rings (SSSR count). The third-order valence-corrected chi connectivity index (χ3v) is 16.8. The largest absolute Gasteiger partial charge is 0.545 e. The van der Waals surface area contributed by atoms with Crippen LogP contribution in [0.5, 0.6) is 0 Å². The summed E-state index contributed by atoms with van der Waals surface area (Å²) in [4.78, 5) is 37.6. The monoisotopic (exact) mass is 1270 g/mol. The maximum Gasteiger partial charge on any atom is 0.306 e. The number of carboxylic acids is 1. The molecular weight excluding hydrogens is 1130 g/mol. The van der Waals surface area contributed by atoms with Crippen molar-refractivity contribution in [2.45, 2.75) is 360 Å². The number of ether oxygens (including phenoxy) is 4. The van der Waals surface area contributed by atoms with Crippen LogP contribution in [0.1, 0.15) is 348 Å². The summed E-state index contributed by atoms with van der Waals surface area (Å²) < 4.78 is 22.9. The molecule has 0 fully saturated rings. The second kappa shape index (κ2) is 72.0. The molecule has 526 valence electrons. The highest BCUT2D eigenvalue weighted by Gasteiger charge is 2.22. The maximum absolute atomic E-state index is 13.0. The molecule has 0 aromatic carbocycles. The molecule has 0 aliphatic heterocycles. The Bertz CT molecular complexity index is 1820. The molecule has 0 aromatic heterocycles. The Balaban J connectivity index is 4.04.